The number of ketones is 1. The lowest BCUT2D eigenvalue weighted by molar-refractivity contribution is 0.101. The van der Waals surface area contributed by atoms with Gasteiger partial charge < -0.3 is 0 Å². The fourth-order valence-electron chi connectivity index (χ4n) is 2.28. The van der Waals surface area contributed by atoms with Crippen LogP contribution in [0, 0.1) is 0 Å². The summed E-state index contributed by atoms with van der Waals surface area (Å²) in [6.45, 7) is 14.7. The van der Waals surface area contributed by atoms with E-state index in [0.29, 0.717) is 0 Å². The molecule has 0 bridgehead atoms. The fourth-order valence-corrected chi connectivity index (χ4v) is 2.28. The molecule has 0 aromatic heterocycles. The number of hydrogen-bond donors (Lipinski definition) is 0. The number of hydrogen-bond acceptors (Lipinski definition) is 1. The molecule has 0 N–H and O–H groups in total. The maximum atomic E-state index is 11.8. The van der Waals surface area contributed by atoms with Crippen LogP contribution in [0.25, 0.3) is 0 Å². The summed E-state index contributed by atoms with van der Waals surface area (Å²) in [6, 6.07) is 6.08. The van der Waals surface area contributed by atoms with Gasteiger partial charge in [0.15, 0.2) is 5.78 Å². The molecule has 1 heteroatoms. The number of Topliss-reactive ketones (excluding diaryl/α,β-unsaturated/α-hetero) is 1. The van der Waals surface area contributed by atoms with Gasteiger partial charge in [0.2, 0.25) is 0 Å². The van der Waals surface area contributed by atoms with Gasteiger partial charge in [-0.3, -0.25) is 4.79 Å². The first-order valence-electron chi connectivity index (χ1n) is 6.20. The molecule has 0 fully saturated rings. The minimum atomic E-state index is -0.00905. The van der Waals surface area contributed by atoms with Crippen LogP contribution in [-0.4, -0.2) is 5.78 Å². The van der Waals surface area contributed by atoms with Crippen molar-refractivity contribution in [3.05, 3.63) is 34.9 Å². The highest BCUT2D eigenvalue weighted by Crippen LogP contribution is 2.36. The second-order valence-corrected chi connectivity index (χ2v) is 6.78. The predicted octanol–water partition coefficient (Wildman–Crippen LogP) is 4.48. The smallest absolute Gasteiger partial charge is 0.160 e. The first kappa shape index (κ1) is 14.0. The zero-order valence-corrected chi connectivity index (χ0v) is 12.1. The van der Waals surface area contributed by atoms with E-state index < -0.39 is 0 Å². The van der Waals surface area contributed by atoms with Crippen molar-refractivity contribution < 1.29 is 4.79 Å². The van der Waals surface area contributed by atoms with Gasteiger partial charge in [-0.05, 0) is 28.9 Å². The van der Waals surface area contributed by atoms with E-state index in [1.54, 1.807) is 6.92 Å². The van der Waals surface area contributed by atoms with Crippen molar-refractivity contribution in [2.24, 2.45) is 0 Å². The Balaban J connectivity index is 3.64. The van der Waals surface area contributed by atoms with Gasteiger partial charge in [-0.2, -0.15) is 0 Å². The van der Waals surface area contributed by atoms with E-state index in [0.717, 1.165) is 5.56 Å². The summed E-state index contributed by atoms with van der Waals surface area (Å²) in [4.78, 5) is 11.8. The molecule has 1 nitrogen and oxygen atoms in total. The lowest BCUT2D eigenvalue weighted by Crippen LogP contribution is -2.24. The molecule has 0 aliphatic rings. The second kappa shape index (κ2) is 4.29. The van der Waals surface area contributed by atoms with E-state index in [-0.39, 0.29) is 16.6 Å². The molecule has 1 rings (SSSR count). The molecule has 0 heterocycles. The first-order chi connectivity index (χ1) is 7.55. The SMILES string of the molecule is CC(=O)c1cccc(C(C)(C)C)c1C(C)(C)C. The summed E-state index contributed by atoms with van der Waals surface area (Å²) in [6.07, 6.45) is 0. The molecule has 0 radical (unpaired) electrons. The van der Waals surface area contributed by atoms with E-state index in [1.807, 2.05) is 12.1 Å². The fraction of sp³-hybridized carbons (Fsp3) is 0.562. The first-order valence-corrected chi connectivity index (χ1v) is 6.20. The zero-order valence-electron chi connectivity index (χ0n) is 12.1. The van der Waals surface area contributed by atoms with Crippen LogP contribution in [0.15, 0.2) is 18.2 Å². The van der Waals surface area contributed by atoms with Crippen molar-refractivity contribution in [1.29, 1.82) is 0 Å². The van der Waals surface area contributed by atoms with Crippen LogP contribution in [0.4, 0.5) is 0 Å². The maximum absolute atomic E-state index is 11.8. The van der Waals surface area contributed by atoms with Crippen LogP contribution in [0.5, 0.6) is 0 Å². The standard InChI is InChI=1S/C16H24O/c1-11(17)12-9-8-10-13(15(2,3)4)14(12)16(5,6)7/h8-10H,1-7H3. The largest absolute Gasteiger partial charge is 0.295 e. The van der Waals surface area contributed by atoms with Gasteiger partial charge in [-0.1, -0.05) is 59.7 Å². The topological polar surface area (TPSA) is 17.1 Å². The maximum Gasteiger partial charge on any atom is 0.160 e. The number of carbonyl (C=O) groups is 1. The summed E-state index contributed by atoms with van der Waals surface area (Å²) in [5, 5.41) is 0. The summed E-state index contributed by atoms with van der Waals surface area (Å²) >= 11 is 0. The number of carbonyl (C=O) groups excluding carboxylic acids is 1. The highest BCUT2D eigenvalue weighted by atomic mass is 16.1. The molecule has 94 valence electrons. The van der Waals surface area contributed by atoms with Crippen molar-refractivity contribution in [1.82, 2.24) is 0 Å². The Morgan fingerprint density at radius 3 is 1.82 bits per heavy atom. The number of rotatable bonds is 1. The molecule has 17 heavy (non-hydrogen) atoms. The molecular weight excluding hydrogens is 208 g/mol. The van der Waals surface area contributed by atoms with Crippen LogP contribution >= 0.6 is 0 Å². The average molecular weight is 232 g/mol. The van der Waals surface area contributed by atoms with Crippen LogP contribution in [0.1, 0.15) is 70.0 Å². The predicted molar refractivity (Wildman–Crippen MR) is 73.8 cm³/mol. The third-order valence-corrected chi connectivity index (χ3v) is 3.00. The molecule has 1 aromatic rings. The van der Waals surface area contributed by atoms with E-state index in [4.69, 9.17) is 0 Å². The van der Waals surface area contributed by atoms with Crippen LogP contribution < -0.4 is 0 Å². The lowest BCUT2D eigenvalue weighted by Gasteiger charge is -2.31. The Morgan fingerprint density at radius 1 is 0.941 bits per heavy atom. The van der Waals surface area contributed by atoms with Gasteiger partial charge in [0, 0.05) is 5.56 Å². The van der Waals surface area contributed by atoms with E-state index >= 15 is 0 Å². The van der Waals surface area contributed by atoms with Gasteiger partial charge >= 0.3 is 0 Å². The molecule has 0 unspecified atom stereocenters. The second-order valence-electron chi connectivity index (χ2n) is 6.78. The molecule has 1 aromatic carbocycles. The monoisotopic (exact) mass is 232 g/mol. The van der Waals surface area contributed by atoms with Gasteiger partial charge in [0.25, 0.3) is 0 Å². The van der Waals surface area contributed by atoms with Crippen LogP contribution in [-0.2, 0) is 10.8 Å². The van der Waals surface area contributed by atoms with E-state index in [2.05, 4.69) is 47.6 Å². The highest BCUT2D eigenvalue weighted by Gasteiger charge is 2.28. The molecule has 0 saturated carbocycles. The molecule has 0 saturated heterocycles. The van der Waals surface area contributed by atoms with Gasteiger partial charge in [0.1, 0.15) is 0 Å². The number of benzene rings is 1. The summed E-state index contributed by atoms with van der Waals surface area (Å²) in [7, 11) is 0. The third-order valence-electron chi connectivity index (χ3n) is 3.00. The van der Waals surface area contributed by atoms with Gasteiger partial charge in [-0.25, -0.2) is 0 Å². The Hall–Kier alpha value is -1.11. The molecule has 0 aliphatic carbocycles. The molecule has 0 spiro atoms. The Kier molecular flexibility index (Phi) is 3.52. The quantitative estimate of drug-likeness (QED) is 0.652. The molecule has 0 amide bonds. The van der Waals surface area contributed by atoms with Crippen LogP contribution in [0.2, 0.25) is 0 Å². The van der Waals surface area contributed by atoms with E-state index in [9.17, 15) is 4.79 Å². The summed E-state index contributed by atoms with van der Waals surface area (Å²) < 4.78 is 0. The van der Waals surface area contributed by atoms with Crippen LogP contribution in [0.3, 0.4) is 0 Å². The minimum Gasteiger partial charge on any atom is -0.295 e. The Labute approximate surface area is 105 Å². The molecule has 0 aliphatic heterocycles. The lowest BCUT2D eigenvalue weighted by atomic mass is 9.73. The molecular formula is C16H24O. The van der Waals surface area contributed by atoms with Gasteiger partial charge in [-0.15, -0.1) is 0 Å². The van der Waals surface area contributed by atoms with Crippen molar-refractivity contribution in [3.63, 3.8) is 0 Å². The average Bonchev–Trinajstić information content (AvgIpc) is 2.13. The summed E-state index contributed by atoms with van der Waals surface area (Å²) in [5.41, 5.74) is 3.39. The Bertz CT molecular complexity index is 428. The summed E-state index contributed by atoms with van der Waals surface area (Å²) in [5.74, 6) is 0.154. The van der Waals surface area contributed by atoms with Gasteiger partial charge in [0.05, 0.1) is 0 Å². The highest BCUT2D eigenvalue weighted by molar-refractivity contribution is 5.96. The minimum absolute atomic E-state index is 0.00905. The van der Waals surface area contributed by atoms with E-state index in [1.165, 1.54) is 11.1 Å². The van der Waals surface area contributed by atoms with Crippen molar-refractivity contribution in [2.75, 3.05) is 0 Å². The van der Waals surface area contributed by atoms with Crippen molar-refractivity contribution in [2.45, 2.75) is 59.3 Å². The normalized spacial score (nSPS) is 12.6. The van der Waals surface area contributed by atoms with Crippen molar-refractivity contribution >= 4 is 5.78 Å². The van der Waals surface area contributed by atoms with Crippen molar-refractivity contribution in [3.8, 4) is 0 Å². The molecule has 0 atom stereocenters. The zero-order chi connectivity index (χ0) is 13.4. The Morgan fingerprint density at radius 2 is 1.47 bits per heavy atom. The third kappa shape index (κ3) is 2.96.